The molecule has 3 aromatic rings. The summed E-state index contributed by atoms with van der Waals surface area (Å²) in [6, 6.07) is 13.4. The lowest BCUT2D eigenvalue weighted by Crippen LogP contribution is -2.44. The van der Waals surface area contributed by atoms with Crippen molar-refractivity contribution < 1.29 is 9.53 Å². The van der Waals surface area contributed by atoms with E-state index in [9.17, 15) is 4.79 Å². The monoisotopic (exact) mass is 446 g/mol. The molecule has 5 rings (SSSR count). The maximum absolute atomic E-state index is 12.8. The maximum Gasteiger partial charge on any atom is 0.223 e. The second-order valence-corrected chi connectivity index (χ2v) is 9.52. The third kappa shape index (κ3) is 4.36. The van der Waals surface area contributed by atoms with E-state index in [0.29, 0.717) is 6.61 Å². The summed E-state index contributed by atoms with van der Waals surface area (Å²) in [7, 11) is 0. The zero-order valence-corrected chi connectivity index (χ0v) is 19.9. The van der Waals surface area contributed by atoms with Gasteiger partial charge in [0.15, 0.2) is 0 Å². The average Bonchev–Trinajstić information content (AvgIpc) is 3.47. The normalized spacial score (nSPS) is 19.4. The predicted molar refractivity (Wildman–Crippen MR) is 132 cm³/mol. The molecule has 33 heavy (non-hydrogen) atoms. The number of imidazole rings is 1. The Balaban J connectivity index is 1.42. The molecule has 1 N–H and O–H groups in total. The van der Waals surface area contributed by atoms with Gasteiger partial charge in [0.25, 0.3) is 0 Å². The number of aromatic nitrogens is 2. The minimum Gasteiger partial charge on any atom is -0.379 e. The van der Waals surface area contributed by atoms with Gasteiger partial charge in [-0.2, -0.15) is 0 Å². The standard InChI is InChI=1S/C27H34N4O2/c1-4-20-5-7-23(8-6-20)31-25-16-19(3)18(2)15-24(25)29-27(31)30-12-9-21(10-13-30)26(32)28-22-11-14-33-17-22/h5-8,15-16,21-22H,4,9-14,17H2,1-3H3,(H,28,32). The van der Waals surface area contributed by atoms with E-state index in [1.165, 1.54) is 16.7 Å². The molecule has 6 nitrogen and oxygen atoms in total. The van der Waals surface area contributed by atoms with E-state index in [2.05, 4.69) is 72.0 Å². The van der Waals surface area contributed by atoms with Crippen LogP contribution < -0.4 is 10.2 Å². The lowest BCUT2D eigenvalue weighted by molar-refractivity contribution is -0.126. The number of benzene rings is 2. The molecule has 0 radical (unpaired) electrons. The molecule has 0 spiro atoms. The molecule has 3 heterocycles. The van der Waals surface area contributed by atoms with Crippen LogP contribution in [-0.4, -0.2) is 47.8 Å². The fourth-order valence-electron chi connectivity index (χ4n) is 4.98. The van der Waals surface area contributed by atoms with Crippen molar-refractivity contribution in [3.8, 4) is 5.69 Å². The number of hydrogen-bond donors (Lipinski definition) is 1. The van der Waals surface area contributed by atoms with Crippen molar-refractivity contribution in [2.75, 3.05) is 31.2 Å². The SMILES string of the molecule is CCc1ccc(-n2c(N3CCC(C(=O)NC4CCOC4)CC3)nc3cc(C)c(C)cc32)cc1. The minimum atomic E-state index is 0.0630. The van der Waals surface area contributed by atoms with Crippen molar-refractivity contribution in [3.63, 3.8) is 0 Å². The van der Waals surface area contributed by atoms with Crippen LogP contribution in [0.15, 0.2) is 36.4 Å². The van der Waals surface area contributed by atoms with Crippen molar-refractivity contribution in [1.82, 2.24) is 14.9 Å². The Kier molecular flexibility index (Phi) is 6.11. The van der Waals surface area contributed by atoms with Crippen LogP contribution in [-0.2, 0) is 16.0 Å². The number of carbonyl (C=O) groups excluding carboxylic acids is 1. The summed E-state index contributed by atoms with van der Waals surface area (Å²) in [4.78, 5) is 20.2. The lowest BCUT2D eigenvalue weighted by atomic mass is 9.95. The molecule has 2 fully saturated rings. The van der Waals surface area contributed by atoms with Gasteiger partial charge in [-0.1, -0.05) is 19.1 Å². The number of rotatable bonds is 5. The molecule has 174 valence electrons. The van der Waals surface area contributed by atoms with E-state index in [4.69, 9.17) is 9.72 Å². The second-order valence-electron chi connectivity index (χ2n) is 9.52. The number of ether oxygens (including phenoxy) is 1. The van der Waals surface area contributed by atoms with Crippen LogP contribution in [0.3, 0.4) is 0 Å². The Labute approximate surface area is 195 Å². The van der Waals surface area contributed by atoms with Crippen molar-refractivity contribution in [2.24, 2.45) is 5.92 Å². The van der Waals surface area contributed by atoms with Gasteiger partial charge in [-0.25, -0.2) is 4.98 Å². The van der Waals surface area contributed by atoms with Crippen LogP contribution in [0, 0.1) is 19.8 Å². The first-order chi connectivity index (χ1) is 16.0. The van der Waals surface area contributed by atoms with E-state index in [-0.39, 0.29) is 17.9 Å². The molecule has 1 amide bonds. The quantitative estimate of drug-likeness (QED) is 0.634. The number of aryl methyl sites for hydroxylation is 3. The van der Waals surface area contributed by atoms with Gasteiger partial charge < -0.3 is 15.0 Å². The number of anilines is 1. The van der Waals surface area contributed by atoms with Crippen LogP contribution in [0.4, 0.5) is 5.95 Å². The van der Waals surface area contributed by atoms with Crippen LogP contribution in [0.1, 0.15) is 42.9 Å². The van der Waals surface area contributed by atoms with E-state index in [0.717, 1.165) is 68.0 Å². The summed E-state index contributed by atoms with van der Waals surface area (Å²) in [6.07, 6.45) is 3.63. The van der Waals surface area contributed by atoms with Gasteiger partial charge in [0.2, 0.25) is 11.9 Å². The highest BCUT2D eigenvalue weighted by atomic mass is 16.5. The maximum atomic E-state index is 12.8. The molecular weight excluding hydrogens is 412 g/mol. The Bertz CT molecular complexity index is 1140. The van der Waals surface area contributed by atoms with Crippen molar-refractivity contribution >= 4 is 22.9 Å². The summed E-state index contributed by atoms with van der Waals surface area (Å²) in [5.74, 6) is 1.22. The van der Waals surface area contributed by atoms with Crippen LogP contribution >= 0.6 is 0 Å². The van der Waals surface area contributed by atoms with Gasteiger partial charge in [0.05, 0.1) is 23.7 Å². The van der Waals surface area contributed by atoms with Gasteiger partial charge in [0.1, 0.15) is 0 Å². The predicted octanol–water partition coefficient (Wildman–Crippen LogP) is 4.33. The van der Waals surface area contributed by atoms with Gasteiger partial charge >= 0.3 is 0 Å². The first kappa shape index (κ1) is 22.0. The third-order valence-electron chi connectivity index (χ3n) is 7.28. The van der Waals surface area contributed by atoms with Crippen molar-refractivity contribution in [1.29, 1.82) is 0 Å². The highest BCUT2D eigenvalue weighted by molar-refractivity contribution is 5.83. The van der Waals surface area contributed by atoms with Gasteiger partial charge in [0, 0.05) is 31.3 Å². The summed E-state index contributed by atoms with van der Waals surface area (Å²) >= 11 is 0. The Morgan fingerprint density at radius 3 is 2.48 bits per heavy atom. The number of nitrogens with one attached hydrogen (secondary N) is 1. The van der Waals surface area contributed by atoms with E-state index < -0.39 is 0 Å². The van der Waals surface area contributed by atoms with Crippen LogP contribution in [0.5, 0.6) is 0 Å². The van der Waals surface area contributed by atoms with E-state index in [1.807, 2.05) is 0 Å². The Hall–Kier alpha value is -2.86. The van der Waals surface area contributed by atoms with Crippen molar-refractivity contribution in [3.05, 3.63) is 53.1 Å². The molecule has 1 unspecified atom stereocenters. The fraction of sp³-hybridized carbons (Fsp3) is 0.481. The largest absolute Gasteiger partial charge is 0.379 e. The molecule has 6 heteroatoms. The smallest absolute Gasteiger partial charge is 0.223 e. The Morgan fingerprint density at radius 1 is 1.09 bits per heavy atom. The zero-order valence-electron chi connectivity index (χ0n) is 19.9. The summed E-state index contributed by atoms with van der Waals surface area (Å²) in [5.41, 5.74) is 7.15. The van der Waals surface area contributed by atoms with Crippen LogP contribution in [0.2, 0.25) is 0 Å². The number of hydrogen-bond acceptors (Lipinski definition) is 4. The number of amides is 1. The number of fused-ring (bicyclic) bond motifs is 1. The molecule has 0 saturated carbocycles. The second kappa shape index (κ2) is 9.18. The van der Waals surface area contributed by atoms with Gasteiger partial charge in [-0.3, -0.25) is 9.36 Å². The highest BCUT2D eigenvalue weighted by Gasteiger charge is 2.30. The average molecular weight is 447 g/mol. The third-order valence-corrected chi connectivity index (χ3v) is 7.28. The Morgan fingerprint density at radius 2 is 1.82 bits per heavy atom. The lowest BCUT2D eigenvalue weighted by Gasteiger charge is -2.32. The molecule has 0 aliphatic carbocycles. The molecule has 2 aromatic carbocycles. The minimum absolute atomic E-state index is 0.0630. The summed E-state index contributed by atoms with van der Waals surface area (Å²) < 4.78 is 7.69. The van der Waals surface area contributed by atoms with Gasteiger partial charge in [-0.15, -0.1) is 0 Å². The van der Waals surface area contributed by atoms with E-state index >= 15 is 0 Å². The first-order valence-electron chi connectivity index (χ1n) is 12.3. The molecule has 2 saturated heterocycles. The topological polar surface area (TPSA) is 59.4 Å². The van der Waals surface area contributed by atoms with Gasteiger partial charge in [-0.05, 0) is 80.5 Å². The summed E-state index contributed by atoms with van der Waals surface area (Å²) in [5, 5.41) is 3.18. The molecule has 2 aliphatic heterocycles. The molecule has 0 bridgehead atoms. The molecule has 1 atom stereocenters. The molecular formula is C27H34N4O2. The molecule has 2 aliphatic rings. The first-order valence-corrected chi connectivity index (χ1v) is 12.3. The number of piperidine rings is 1. The van der Waals surface area contributed by atoms with Crippen LogP contribution in [0.25, 0.3) is 16.7 Å². The highest BCUT2D eigenvalue weighted by Crippen LogP contribution is 2.32. The van der Waals surface area contributed by atoms with E-state index in [1.54, 1.807) is 0 Å². The summed E-state index contributed by atoms with van der Waals surface area (Å²) in [6.45, 7) is 9.52. The fourth-order valence-corrected chi connectivity index (χ4v) is 4.98. The zero-order chi connectivity index (χ0) is 22.9. The van der Waals surface area contributed by atoms with Crippen molar-refractivity contribution in [2.45, 2.75) is 52.5 Å². The number of carbonyl (C=O) groups is 1. The number of nitrogens with zero attached hydrogens (tertiary/aromatic N) is 3. The molecule has 1 aromatic heterocycles.